The fraction of sp³-hybridized carbons (Fsp3) is 0.231. The predicted molar refractivity (Wildman–Crippen MR) is 131 cm³/mol. The molecular formula is C26H20Cl2N2O5. The van der Waals surface area contributed by atoms with Gasteiger partial charge in [0.1, 0.15) is 17.8 Å². The van der Waals surface area contributed by atoms with Crippen molar-refractivity contribution in [2.45, 2.75) is 11.8 Å². The third-order valence-electron chi connectivity index (χ3n) is 6.66. The number of carbonyl (C=O) groups is 2. The summed E-state index contributed by atoms with van der Waals surface area (Å²) in [6, 6.07) is 16.2. The first-order chi connectivity index (χ1) is 17.0. The molecule has 1 spiro atoms. The standard InChI is InChI=1S/C26H20Cl2N2O5/c27-15-6-7-16(19(28)10-15)24(31)29-8-3-9-30-20-5-2-1-4-17(20)26(25(30)32)13-33-21-12-23-22(11-18(21)26)34-14-35-23/h1-2,4-7,10-12H,3,8-9,13-14H2,(H,29,31). The molecule has 9 heteroatoms. The number of fused-ring (bicyclic) bond motifs is 5. The van der Waals surface area contributed by atoms with Gasteiger partial charge in [0.05, 0.1) is 10.6 Å². The monoisotopic (exact) mass is 510 g/mol. The van der Waals surface area contributed by atoms with Crippen LogP contribution in [0.25, 0.3) is 0 Å². The Morgan fingerprint density at radius 3 is 2.60 bits per heavy atom. The van der Waals surface area contributed by atoms with Crippen molar-refractivity contribution in [3.63, 3.8) is 0 Å². The van der Waals surface area contributed by atoms with Crippen LogP contribution in [0.2, 0.25) is 10.0 Å². The Morgan fingerprint density at radius 2 is 1.77 bits per heavy atom. The van der Waals surface area contributed by atoms with Crippen molar-refractivity contribution in [1.82, 2.24) is 5.32 Å². The second kappa shape index (κ2) is 8.36. The highest BCUT2D eigenvalue weighted by atomic mass is 35.5. The average molecular weight is 511 g/mol. The van der Waals surface area contributed by atoms with Crippen molar-refractivity contribution < 1.29 is 23.8 Å². The van der Waals surface area contributed by atoms with Gasteiger partial charge in [-0.2, -0.15) is 0 Å². The maximum absolute atomic E-state index is 13.9. The van der Waals surface area contributed by atoms with Crippen LogP contribution < -0.4 is 24.4 Å². The lowest BCUT2D eigenvalue weighted by Crippen LogP contribution is -2.43. The van der Waals surface area contributed by atoms with Gasteiger partial charge in [0.25, 0.3) is 5.91 Å². The number of hydrogen-bond acceptors (Lipinski definition) is 5. The molecule has 178 valence electrons. The summed E-state index contributed by atoms with van der Waals surface area (Å²) >= 11 is 12.0. The molecule has 0 bridgehead atoms. The van der Waals surface area contributed by atoms with Crippen LogP contribution in [-0.4, -0.2) is 38.3 Å². The van der Waals surface area contributed by atoms with Crippen LogP contribution in [0, 0.1) is 0 Å². The van der Waals surface area contributed by atoms with Crippen molar-refractivity contribution >= 4 is 40.7 Å². The molecule has 0 fully saturated rings. The van der Waals surface area contributed by atoms with E-state index >= 15 is 0 Å². The second-order valence-corrected chi connectivity index (χ2v) is 9.45. The smallest absolute Gasteiger partial charge is 0.252 e. The molecule has 1 unspecified atom stereocenters. The Kier molecular flexibility index (Phi) is 5.27. The zero-order valence-electron chi connectivity index (χ0n) is 18.5. The van der Waals surface area contributed by atoms with E-state index in [1.165, 1.54) is 6.07 Å². The third kappa shape index (κ3) is 3.41. The van der Waals surface area contributed by atoms with Crippen LogP contribution in [0.3, 0.4) is 0 Å². The number of hydrogen-bond donors (Lipinski definition) is 1. The minimum absolute atomic E-state index is 0.0524. The summed E-state index contributed by atoms with van der Waals surface area (Å²) in [5.74, 6) is 1.52. The molecule has 0 saturated heterocycles. The summed E-state index contributed by atoms with van der Waals surface area (Å²) in [5.41, 5.74) is 1.95. The molecule has 3 aliphatic heterocycles. The van der Waals surface area contributed by atoms with Gasteiger partial charge in [-0.15, -0.1) is 0 Å². The molecule has 3 heterocycles. The normalized spacial score (nSPS) is 19.0. The summed E-state index contributed by atoms with van der Waals surface area (Å²) in [4.78, 5) is 28.2. The van der Waals surface area contributed by atoms with Crippen molar-refractivity contribution in [2.24, 2.45) is 0 Å². The van der Waals surface area contributed by atoms with E-state index in [9.17, 15) is 9.59 Å². The predicted octanol–water partition coefficient (Wildman–Crippen LogP) is 4.57. The molecule has 0 aliphatic carbocycles. The molecule has 0 aromatic heterocycles. The average Bonchev–Trinajstić information content (AvgIpc) is 3.52. The van der Waals surface area contributed by atoms with Crippen molar-refractivity contribution in [2.75, 3.05) is 31.4 Å². The third-order valence-corrected chi connectivity index (χ3v) is 7.21. The van der Waals surface area contributed by atoms with Crippen molar-refractivity contribution in [1.29, 1.82) is 0 Å². The van der Waals surface area contributed by atoms with Gasteiger partial charge in [-0.25, -0.2) is 0 Å². The van der Waals surface area contributed by atoms with Crippen LogP contribution in [-0.2, 0) is 10.2 Å². The number of anilines is 1. The molecule has 1 atom stereocenters. The van der Waals surface area contributed by atoms with E-state index < -0.39 is 5.41 Å². The molecule has 7 nitrogen and oxygen atoms in total. The van der Waals surface area contributed by atoms with E-state index in [0.29, 0.717) is 52.4 Å². The first-order valence-corrected chi connectivity index (χ1v) is 12.0. The number of halogens is 2. The van der Waals surface area contributed by atoms with Crippen molar-refractivity contribution in [3.05, 3.63) is 81.3 Å². The van der Waals surface area contributed by atoms with Gasteiger partial charge in [-0.3, -0.25) is 9.59 Å². The lowest BCUT2D eigenvalue weighted by Gasteiger charge is -2.23. The van der Waals surface area contributed by atoms with Crippen molar-refractivity contribution in [3.8, 4) is 17.2 Å². The maximum Gasteiger partial charge on any atom is 0.252 e. The summed E-state index contributed by atoms with van der Waals surface area (Å²) < 4.78 is 17.0. The number of benzene rings is 3. The maximum atomic E-state index is 13.9. The molecule has 3 aromatic rings. The van der Waals surface area contributed by atoms with E-state index in [1.807, 2.05) is 30.3 Å². The van der Waals surface area contributed by atoms with Gasteiger partial charge >= 0.3 is 0 Å². The molecule has 0 saturated carbocycles. The summed E-state index contributed by atoms with van der Waals surface area (Å²) in [7, 11) is 0. The molecule has 3 aliphatic rings. The topological polar surface area (TPSA) is 77.1 Å². The first kappa shape index (κ1) is 22.1. The van der Waals surface area contributed by atoms with Gasteiger partial charge in [-0.05, 0) is 42.3 Å². The van der Waals surface area contributed by atoms with Crippen LogP contribution in [0.1, 0.15) is 27.9 Å². The number of para-hydroxylation sites is 1. The van der Waals surface area contributed by atoms with Gasteiger partial charge in [0, 0.05) is 35.4 Å². The van der Waals surface area contributed by atoms with Gasteiger partial charge in [0.15, 0.2) is 11.5 Å². The quantitative estimate of drug-likeness (QED) is 0.508. The highest BCUT2D eigenvalue weighted by Gasteiger charge is 2.57. The van der Waals surface area contributed by atoms with Crippen LogP contribution in [0.15, 0.2) is 54.6 Å². The Balaban J connectivity index is 1.21. The minimum Gasteiger partial charge on any atom is -0.491 e. The SMILES string of the molecule is O=C(NCCCN1C(=O)C2(COc3cc4c(cc32)OCO4)c2ccccc21)c1ccc(Cl)cc1Cl. The van der Waals surface area contributed by atoms with Crippen LogP contribution in [0.5, 0.6) is 17.2 Å². The lowest BCUT2D eigenvalue weighted by atomic mass is 9.77. The fourth-order valence-corrected chi connectivity index (χ4v) is 5.49. The summed E-state index contributed by atoms with van der Waals surface area (Å²) in [6.07, 6.45) is 0.557. The number of amides is 2. The van der Waals surface area contributed by atoms with Gasteiger partial charge < -0.3 is 24.4 Å². The number of ether oxygens (including phenoxy) is 3. The van der Waals surface area contributed by atoms with E-state index in [4.69, 9.17) is 37.4 Å². The van der Waals surface area contributed by atoms with Gasteiger partial charge in [-0.1, -0.05) is 41.4 Å². The molecule has 35 heavy (non-hydrogen) atoms. The van der Waals surface area contributed by atoms with E-state index in [2.05, 4.69) is 5.32 Å². The minimum atomic E-state index is -0.938. The Hall–Kier alpha value is -3.42. The molecular weight excluding hydrogens is 491 g/mol. The van der Waals surface area contributed by atoms with E-state index in [0.717, 1.165) is 16.8 Å². The van der Waals surface area contributed by atoms with E-state index in [-0.39, 0.29) is 25.2 Å². The number of nitrogens with zero attached hydrogens (tertiary/aromatic N) is 1. The van der Waals surface area contributed by atoms with E-state index in [1.54, 1.807) is 23.1 Å². The molecule has 3 aromatic carbocycles. The zero-order chi connectivity index (χ0) is 24.2. The van der Waals surface area contributed by atoms with Crippen LogP contribution >= 0.6 is 23.2 Å². The van der Waals surface area contributed by atoms with Gasteiger partial charge in [0.2, 0.25) is 12.7 Å². The van der Waals surface area contributed by atoms with Crippen LogP contribution in [0.4, 0.5) is 5.69 Å². The summed E-state index contributed by atoms with van der Waals surface area (Å²) in [5, 5.41) is 3.63. The highest BCUT2D eigenvalue weighted by Crippen LogP contribution is 2.54. The molecule has 2 amide bonds. The fourth-order valence-electron chi connectivity index (χ4n) is 4.99. The molecule has 6 rings (SSSR count). The molecule has 0 radical (unpaired) electrons. The first-order valence-electron chi connectivity index (χ1n) is 11.2. The highest BCUT2D eigenvalue weighted by molar-refractivity contribution is 6.36. The Bertz CT molecular complexity index is 1380. The lowest BCUT2D eigenvalue weighted by molar-refractivity contribution is -0.122. The largest absolute Gasteiger partial charge is 0.491 e. The Morgan fingerprint density at radius 1 is 0.971 bits per heavy atom. The number of carbonyl (C=O) groups excluding carboxylic acids is 2. The second-order valence-electron chi connectivity index (χ2n) is 8.60. The number of rotatable bonds is 5. The zero-order valence-corrected chi connectivity index (χ0v) is 20.0. The summed E-state index contributed by atoms with van der Waals surface area (Å²) in [6.45, 7) is 1.17. The molecule has 1 N–H and O–H groups in total. The Labute approximate surface area is 211 Å². The number of nitrogens with one attached hydrogen (secondary N) is 1.